The van der Waals surface area contributed by atoms with E-state index in [1.165, 1.54) is 0 Å². The maximum absolute atomic E-state index is 13.0. The smallest absolute Gasteiger partial charge is 0.244 e. The fourth-order valence-electron chi connectivity index (χ4n) is 3.96. The van der Waals surface area contributed by atoms with Gasteiger partial charge in [-0.15, -0.1) is 0 Å². The van der Waals surface area contributed by atoms with Gasteiger partial charge in [0.2, 0.25) is 17.7 Å². The van der Waals surface area contributed by atoms with Gasteiger partial charge in [0.1, 0.15) is 12.1 Å². The predicted octanol–water partition coefficient (Wildman–Crippen LogP) is 2.26. The maximum atomic E-state index is 13.0. The molecule has 1 aromatic carbocycles. The highest BCUT2D eigenvalue weighted by Crippen LogP contribution is 2.10. The van der Waals surface area contributed by atoms with Crippen LogP contribution in [0.4, 0.5) is 0 Å². The summed E-state index contributed by atoms with van der Waals surface area (Å²) < 4.78 is 0. The van der Waals surface area contributed by atoms with Crippen molar-refractivity contribution in [3.05, 3.63) is 35.9 Å². The van der Waals surface area contributed by atoms with Gasteiger partial charge in [-0.05, 0) is 50.6 Å². The van der Waals surface area contributed by atoms with Gasteiger partial charge in [-0.25, -0.2) is 0 Å². The Balaban J connectivity index is 2.14. The van der Waals surface area contributed by atoms with Crippen LogP contribution in [0, 0.1) is 5.92 Å². The summed E-state index contributed by atoms with van der Waals surface area (Å²) in [6.07, 6.45) is 5.07. The van der Waals surface area contributed by atoms with Crippen LogP contribution in [-0.2, 0) is 20.8 Å². The Morgan fingerprint density at radius 2 is 1.62 bits per heavy atom. The summed E-state index contributed by atoms with van der Waals surface area (Å²) in [6, 6.07) is 8.14. The first-order chi connectivity index (χ1) is 15.3. The van der Waals surface area contributed by atoms with Crippen LogP contribution in [0.1, 0.15) is 58.4 Å². The Kier molecular flexibility index (Phi) is 10.7. The van der Waals surface area contributed by atoms with Gasteiger partial charge < -0.3 is 20.9 Å². The van der Waals surface area contributed by atoms with E-state index in [0.29, 0.717) is 19.4 Å². The van der Waals surface area contributed by atoms with E-state index in [1.54, 1.807) is 18.9 Å². The molecule has 0 spiro atoms. The molecule has 0 saturated carbocycles. The molecule has 0 unspecified atom stereocenters. The summed E-state index contributed by atoms with van der Waals surface area (Å²) >= 11 is 0. The minimum Gasteiger partial charge on any atom is -0.344 e. The molecule has 1 saturated heterocycles. The first kappa shape index (κ1) is 25.8. The van der Waals surface area contributed by atoms with Gasteiger partial charge in [0.15, 0.2) is 0 Å². The fourth-order valence-corrected chi connectivity index (χ4v) is 3.96. The minimum atomic E-state index is -0.733. The van der Waals surface area contributed by atoms with E-state index in [4.69, 9.17) is 0 Å². The highest BCUT2D eigenvalue weighted by Gasteiger charge is 2.28. The third-order valence-electron chi connectivity index (χ3n) is 5.86. The van der Waals surface area contributed by atoms with Crippen LogP contribution in [0.25, 0.3) is 0 Å². The summed E-state index contributed by atoms with van der Waals surface area (Å²) in [7, 11) is 1.80. The van der Waals surface area contributed by atoms with Crippen molar-refractivity contribution in [3.63, 3.8) is 0 Å². The SMILES string of the molecule is CC(C)C[C@@H]1NC(=O)[C@H](C)NC(=O)[C@H](Cc2ccccc2)NCCCCCCN(C)C1=O. The van der Waals surface area contributed by atoms with Crippen LogP contribution in [0.2, 0.25) is 0 Å². The third-order valence-corrected chi connectivity index (χ3v) is 5.86. The normalized spacial score (nSPS) is 24.8. The molecule has 1 aromatic rings. The monoisotopic (exact) mass is 444 g/mol. The average Bonchev–Trinajstić information content (AvgIpc) is 2.76. The molecule has 1 fully saturated rings. The van der Waals surface area contributed by atoms with Crippen LogP contribution < -0.4 is 16.0 Å². The number of nitrogens with zero attached hydrogens (tertiary/aromatic N) is 1. The Hall–Kier alpha value is -2.41. The van der Waals surface area contributed by atoms with Crippen molar-refractivity contribution in [2.24, 2.45) is 5.92 Å². The van der Waals surface area contributed by atoms with Crippen LogP contribution in [0.5, 0.6) is 0 Å². The molecule has 0 aromatic heterocycles. The second-order valence-corrected chi connectivity index (χ2v) is 9.29. The van der Waals surface area contributed by atoms with E-state index in [9.17, 15) is 14.4 Å². The molecule has 32 heavy (non-hydrogen) atoms. The molecular weight excluding hydrogens is 404 g/mol. The lowest BCUT2D eigenvalue weighted by molar-refractivity contribution is -0.137. The van der Waals surface area contributed by atoms with E-state index < -0.39 is 18.1 Å². The summed E-state index contributed by atoms with van der Waals surface area (Å²) in [4.78, 5) is 40.5. The molecule has 7 nitrogen and oxygen atoms in total. The van der Waals surface area contributed by atoms with Crippen LogP contribution >= 0.6 is 0 Å². The van der Waals surface area contributed by atoms with E-state index >= 15 is 0 Å². The molecule has 0 bridgehead atoms. The molecule has 7 heteroatoms. The third kappa shape index (κ3) is 8.61. The molecular formula is C25H40N4O3. The molecule has 2 rings (SSSR count). The Morgan fingerprint density at radius 3 is 2.31 bits per heavy atom. The van der Waals surface area contributed by atoms with Crippen LogP contribution in [0.3, 0.4) is 0 Å². The van der Waals surface area contributed by atoms with Crippen molar-refractivity contribution in [1.29, 1.82) is 0 Å². The predicted molar refractivity (Wildman–Crippen MR) is 127 cm³/mol. The van der Waals surface area contributed by atoms with Crippen LogP contribution in [0.15, 0.2) is 30.3 Å². The van der Waals surface area contributed by atoms with Gasteiger partial charge in [0, 0.05) is 13.6 Å². The molecule has 1 heterocycles. The van der Waals surface area contributed by atoms with Gasteiger partial charge in [0.05, 0.1) is 6.04 Å². The van der Waals surface area contributed by atoms with Crippen molar-refractivity contribution in [3.8, 4) is 0 Å². The Bertz CT molecular complexity index is 738. The number of carbonyl (C=O) groups excluding carboxylic acids is 3. The Morgan fingerprint density at radius 1 is 0.938 bits per heavy atom. The molecule has 1 aliphatic rings. The lowest BCUT2D eigenvalue weighted by Gasteiger charge is -2.28. The van der Waals surface area contributed by atoms with E-state index in [0.717, 1.165) is 37.8 Å². The van der Waals surface area contributed by atoms with Crippen molar-refractivity contribution in [1.82, 2.24) is 20.9 Å². The van der Waals surface area contributed by atoms with Gasteiger partial charge in [0.25, 0.3) is 0 Å². The number of benzene rings is 1. The zero-order chi connectivity index (χ0) is 23.5. The molecule has 3 amide bonds. The maximum Gasteiger partial charge on any atom is 0.244 e. The average molecular weight is 445 g/mol. The summed E-state index contributed by atoms with van der Waals surface area (Å²) in [5.74, 6) is -0.349. The number of nitrogens with one attached hydrogen (secondary N) is 3. The second-order valence-electron chi connectivity index (χ2n) is 9.29. The number of hydrogen-bond donors (Lipinski definition) is 3. The highest BCUT2D eigenvalue weighted by atomic mass is 16.2. The second kappa shape index (κ2) is 13.2. The van der Waals surface area contributed by atoms with Crippen molar-refractivity contribution < 1.29 is 14.4 Å². The molecule has 3 N–H and O–H groups in total. The van der Waals surface area contributed by atoms with E-state index in [2.05, 4.69) is 16.0 Å². The topological polar surface area (TPSA) is 90.5 Å². The van der Waals surface area contributed by atoms with Crippen molar-refractivity contribution >= 4 is 17.7 Å². The largest absolute Gasteiger partial charge is 0.344 e. The van der Waals surface area contributed by atoms with Crippen LogP contribution in [-0.4, -0.2) is 60.9 Å². The van der Waals surface area contributed by atoms with Crippen molar-refractivity contribution in [2.45, 2.75) is 77.4 Å². The highest BCUT2D eigenvalue weighted by molar-refractivity contribution is 5.92. The lowest BCUT2D eigenvalue weighted by atomic mass is 10.0. The first-order valence-electron chi connectivity index (χ1n) is 11.9. The fraction of sp³-hybridized carbons (Fsp3) is 0.640. The zero-order valence-electron chi connectivity index (χ0n) is 20.0. The molecule has 0 aliphatic carbocycles. The van der Waals surface area contributed by atoms with Crippen molar-refractivity contribution in [2.75, 3.05) is 20.1 Å². The zero-order valence-corrected chi connectivity index (χ0v) is 20.0. The Labute approximate surface area is 192 Å². The number of rotatable bonds is 4. The molecule has 178 valence electrons. The number of likely N-dealkylation sites (N-methyl/N-ethyl adjacent to an activating group) is 1. The summed E-state index contributed by atoms with van der Waals surface area (Å²) in [5, 5.41) is 9.10. The first-order valence-corrected chi connectivity index (χ1v) is 11.9. The van der Waals surface area contributed by atoms with E-state index in [-0.39, 0.29) is 23.6 Å². The minimum absolute atomic E-state index is 0.0682. The van der Waals surface area contributed by atoms with E-state index in [1.807, 2.05) is 44.2 Å². The number of hydrogen-bond acceptors (Lipinski definition) is 4. The van der Waals surface area contributed by atoms with Gasteiger partial charge in [-0.1, -0.05) is 57.0 Å². The quantitative estimate of drug-likeness (QED) is 0.664. The lowest BCUT2D eigenvalue weighted by Crippen LogP contribution is -2.56. The molecule has 3 atom stereocenters. The van der Waals surface area contributed by atoms with Gasteiger partial charge in [-0.2, -0.15) is 0 Å². The van der Waals surface area contributed by atoms with Gasteiger partial charge >= 0.3 is 0 Å². The number of amides is 3. The summed E-state index contributed by atoms with van der Waals surface area (Å²) in [6.45, 7) is 7.14. The summed E-state index contributed by atoms with van der Waals surface area (Å²) in [5.41, 5.74) is 1.07. The van der Waals surface area contributed by atoms with Gasteiger partial charge in [-0.3, -0.25) is 14.4 Å². The standard InChI is InChI=1S/C25H40N4O3/c1-18(2)16-22-25(32)29(4)15-11-6-5-10-14-26-21(17-20-12-8-7-9-13-20)24(31)27-19(3)23(30)28-22/h7-9,12-13,18-19,21-22,26H,5-6,10-11,14-17H2,1-4H3,(H,27,31)(H,28,30)/t19-,21-,22-/m0/s1. The molecule has 0 radical (unpaired) electrons. The molecule has 1 aliphatic heterocycles. The number of carbonyl (C=O) groups is 3.